The van der Waals surface area contributed by atoms with Crippen LogP contribution in [-0.4, -0.2) is 55.8 Å². The van der Waals surface area contributed by atoms with Crippen LogP contribution in [0.3, 0.4) is 0 Å². The van der Waals surface area contributed by atoms with Crippen molar-refractivity contribution in [3.05, 3.63) is 29.3 Å². The van der Waals surface area contributed by atoms with Gasteiger partial charge in [-0.15, -0.1) is 0 Å². The second-order valence-electron chi connectivity index (χ2n) is 4.66. The number of aliphatic hydroxyl groups excluding tert-OH is 1. The lowest BCUT2D eigenvalue weighted by molar-refractivity contribution is -0.128. The first-order valence-electron chi connectivity index (χ1n) is 6.46. The normalized spacial score (nSPS) is 12.0. The Kier molecular flexibility index (Phi) is 7.36. The molecule has 0 aliphatic carbocycles. The molecule has 0 saturated carbocycles. The summed E-state index contributed by atoms with van der Waals surface area (Å²) in [6, 6.07) is 7.02. The van der Waals surface area contributed by atoms with Crippen LogP contribution in [0.5, 0.6) is 5.75 Å². The van der Waals surface area contributed by atoms with Gasteiger partial charge in [-0.05, 0) is 18.2 Å². The highest BCUT2D eigenvalue weighted by Gasteiger charge is 2.07. The highest BCUT2D eigenvalue weighted by molar-refractivity contribution is 6.30. The predicted molar refractivity (Wildman–Crippen MR) is 79.1 cm³/mol. The molecule has 0 bridgehead atoms. The first-order valence-corrected chi connectivity index (χ1v) is 6.84. The zero-order chi connectivity index (χ0) is 15.0. The molecule has 112 valence electrons. The number of rotatable bonds is 8. The van der Waals surface area contributed by atoms with E-state index in [1.807, 2.05) is 0 Å². The molecule has 1 atom stereocenters. The molecule has 2 N–H and O–H groups in total. The van der Waals surface area contributed by atoms with Crippen molar-refractivity contribution >= 4 is 17.5 Å². The minimum absolute atomic E-state index is 0.0576. The number of carbonyl (C=O) groups excluding carboxylic acids is 1. The Morgan fingerprint density at radius 3 is 2.90 bits per heavy atom. The summed E-state index contributed by atoms with van der Waals surface area (Å²) in [4.78, 5) is 12.9. The lowest BCUT2D eigenvalue weighted by Gasteiger charge is -2.14. The average molecular weight is 301 g/mol. The van der Waals surface area contributed by atoms with Crippen LogP contribution in [0, 0.1) is 0 Å². The van der Waals surface area contributed by atoms with E-state index >= 15 is 0 Å². The van der Waals surface area contributed by atoms with Gasteiger partial charge in [0, 0.05) is 38.6 Å². The number of halogens is 1. The van der Waals surface area contributed by atoms with Crippen molar-refractivity contribution in [1.82, 2.24) is 10.2 Å². The van der Waals surface area contributed by atoms with E-state index in [-0.39, 0.29) is 12.5 Å². The fourth-order valence-electron chi connectivity index (χ4n) is 1.50. The smallest absolute Gasteiger partial charge is 0.223 e. The van der Waals surface area contributed by atoms with Crippen molar-refractivity contribution in [3.8, 4) is 5.75 Å². The molecule has 0 aliphatic heterocycles. The van der Waals surface area contributed by atoms with Gasteiger partial charge in [-0.3, -0.25) is 4.79 Å². The summed E-state index contributed by atoms with van der Waals surface area (Å²) in [7, 11) is 3.44. The number of hydrogen-bond donors (Lipinski definition) is 2. The molecular formula is C14H21ClN2O3. The number of ether oxygens (including phenoxy) is 1. The highest BCUT2D eigenvalue weighted by atomic mass is 35.5. The van der Waals surface area contributed by atoms with Crippen LogP contribution in [0.25, 0.3) is 0 Å². The molecule has 0 heterocycles. The number of hydrogen-bond acceptors (Lipinski definition) is 4. The molecule has 0 radical (unpaired) electrons. The topological polar surface area (TPSA) is 61.8 Å². The maximum absolute atomic E-state index is 11.3. The second-order valence-corrected chi connectivity index (χ2v) is 5.10. The molecule has 1 aromatic carbocycles. The minimum Gasteiger partial charge on any atom is -0.491 e. The quantitative estimate of drug-likeness (QED) is 0.707. The molecule has 0 fully saturated rings. The monoisotopic (exact) mass is 300 g/mol. The zero-order valence-electron chi connectivity index (χ0n) is 11.8. The first-order chi connectivity index (χ1) is 9.49. The largest absolute Gasteiger partial charge is 0.491 e. The van der Waals surface area contributed by atoms with E-state index in [1.165, 1.54) is 0 Å². The summed E-state index contributed by atoms with van der Waals surface area (Å²) in [5.41, 5.74) is 0. The molecule has 1 aromatic rings. The number of nitrogens with one attached hydrogen (secondary N) is 1. The molecule has 1 unspecified atom stereocenters. The summed E-state index contributed by atoms with van der Waals surface area (Å²) in [6.07, 6.45) is -0.224. The summed E-state index contributed by atoms with van der Waals surface area (Å²) in [5, 5.41) is 13.3. The Hall–Kier alpha value is -1.30. The Labute approximate surface area is 124 Å². The van der Waals surface area contributed by atoms with E-state index in [9.17, 15) is 9.90 Å². The molecule has 1 rings (SSSR count). The number of benzene rings is 1. The molecule has 1 amide bonds. The Morgan fingerprint density at radius 1 is 1.50 bits per heavy atom. The van der Waals surface area contributed by atoms with Gasteiger partial charge in [0.05, 0.1) is 0 Å². The van der Waals surface area contributed by atoms with Crippen molar-refractivity contribution in [2.45, 2.75) is 12.5 Å². The zero-order valence-corrected chi connectivity index (χ0v) is 12.6. The maximum atomic E-state index is 11.3. The standard InChI is InChI=1S/C14H21ClN2O3/c1-17(2)14(19)6-7-16-9-12(18)10-20-13-5-3-4-11(15)8-13/h3-5,8,12,16,18H,6-7,9-10H2,1-2H3. The van der Waals surface area contributed by atoms with Gasteiger partial charge in [-0.2, -0.15) is 0 Å². The van der Waals surface area contributed by atoms with Crippen LogP contribution < -0.4 is 10.1 Å². The van der Waals surface area contributed by atoms with E-state index < -0.39 is 6.10 Å². The Morgan fingerprint density at radius 2 is 2.25 bits per heavy atom. The minimum atomic E-state index is -0.636. The molecule has 0 aliphatic rings. The van der Waals surface area contributed by atoms with Gasteiger partial charge in [0.2, 0.25) is 5.91 Å². The Bertz CT molecular complexity index is 427. The molecule has 20 heavy (non-hydrogen) atoms. The van der Waals surface area contributed by atoms with Gasteiger partial charge in [0.1, 0.15) is 18.5 Å². The second kappa shape index (κ2) is 8.79. The van der Waals surface area contributed by atoms with Crippen LogP contribution in [0.2, 0.25) is 5.02 Å². The molecule has 6 heteroatoms. The lowest BCUT2D eigenvalue weighted by Crippen LogP contribution is -2.34. The fourth-order valence-corrected chi connectivity index (χ4v) is 1.68. The van der Waals surface area contributed by atoms with Gasteiger partial charge in [-0.25, -0.2) is 0 Å². The molecule has 0 spiro atoms. The van der Waals surface area contributed by atoms with Gasteiger partial charge >= 0.3 is 0 Å². The summed E-state index contributed by atoms with van der Waals surface area (Å²) in [5.74, 6) is 0.682. The fraction of sp³-hybridized carbons (Fsp3) is 0.500. The summed E-state index contributed by atoms with van der Waals surface area (Å²) < 4.78 is 5.42. The summed E-state index contributed by atoms with van der Waals surface area (Å²) >= 11 is 5.83. The first kappa shape index (κ1) is 16.8. The number of aliphatic hydroxyl groups is 1. The third kappa shape index (κ3) is 6.75. The van der Waals surface area contributed by atoms with Crippen molar-refractivity contribution in [2.24, 2.45) is 0 Å². The number of carbonyl (C=O) groups is 1. The van der Waals surface area contributed by atoms with Gasteiger partial charge in [0.25, 0.3) is 0 Å². The molecular weight excluding hydrogens is 280 g/mol. The van der Waals surface area contributed by atoms with Crippen LogP contribution >= 0.6 is 11.6 Å². The van der Waals surface area contributed by atoms with Gasteiger partial charge in [0.15, 0.2) is 0 Å². The van der Waals surface area contributed by atoms with Gasteiger partial charge < -0.3 is 20.1 Å². The van der Waals surface area contributed by atoms with Crippen molar-refractivity contribution in [2.75, 3.05) is 33.8 Å². The number of nitrogens with zero attached hydrogens (tertiary/aromatic N) is 1. The van der Waals surface area contributed by atoms with Crippen molar-refractivity contribution in [1.29, 1.82) is 0 Å². The maximum Gasteiger partial charge on any atom is 0.223 e. The predicted octanol–water partition coefficient (Wildman–Crippen LogP) is 1.15. The van der Waals surface area contributed by atoms with Crippen LogP contribution in [0.4, 0.5) is 0 Å². The highest BCUT2D eigenvalue weighted by Crippen LogP contribution is 2.17. The molecule has 0 saturated heterocycles. The van der Waals surface area contributed by atoms with Crippen LogP contribution in [0.15, 0.2) is 24.3 Å². The third-order valence-corrected chi connectivity index (χ3v) is 2.87. The Balaban J connectivity index is 2.14. The number of amides is 1. The summed E-state index contributed by atoms with van der Waals surface area (Å²) in [6.45, 7) is 1.08. The van der Waals surface area contributed by atoms with Crippen LogP contribution in [0.1, 0.15) is 6.42 Å². The SMILES string of the molecule is CN(C)C(=O)CCNCC(O)COc1cccc(Cl)c1. The molecule has 0 aromatic heterocycles. The van der Waals surface area contributed by atoms with E-state index in [0.29, 0.717) is 30.3 Å². The van der Waals surface area contributed by atoms with E-state index in [2.05, 4.69) is 5.32 Å². The van der Waals surface area contributed by atoms with Crippen molar-refractivity contribution in [3.63, 3.8) is 0 Å². The van der Waals surface area contributed by atoms with E-state index in [1.54, 1.807) is 43.3 Å². The third-order valence-electron chi connectivity index (χ3n) is 2.63. The molecule has 5 nitrogen and oxygen atoms in total. The van der Waals surface area contributed by atoms with Crippen molar-refractivity contribution < 1.29 is 14.6 Å². The van der Waals surface area contributed by atoms with E-state index in [0.717, 1.165) is 0 Å². The lowest BCUT2D eigenvalue weighted by atomic mass is 10.3. The van der Waals surface area contributed by atoms with Crippen LogP contribution in [-0.2, 0) is 4.79 Å². The average Bonchev–Trinajstić information content (AvgIpc) is 2.41. The van der Waals surface area contributed by atoms with Gasteiger partial charge in [-0.1, -0.05) is 17.7 Å². The van der Waals surface area contributed by atoms with E-state index in [4.69, 9.17) is 16.3 Å².